The molecule has 1 amide bonds. The zero-order valence-electron chi connectivity index (χ0n) is 9.43. The summed E-state index contributed by atoms with van der Waals surface area (Å²) in [5, 5.41) is 5.36. The second kappa shape index (κ2) is 4.77. The Kier molecular flexibility index (Phi) is 3.17. The van der Waals surface area contributed by atoms with Crippen LogP contribution in [0.1, 0.15) is 19.0 Å². The van der Waals surface area contributed by atoms with Crippen LogP contribution in [-0.2, 0) is 11.2 Å². The fourth-order valence-electron chi connectivity index (χ4n) is 1.45. The van der Waals surface area contributed by atoms with Gasteiger partial charge >= 0.3 is 0 Å². The normalized spacial score (nSPS) is 10.6. The van der Waals surface area contributed by atoms with Crippen LogP contribution < -0.4 is 10.9 Å². The van der Waals surface area contributed by atoms with Crippen LogP contribution in [0.15, 0.2) is 17.2 Å². The van der Waals surface area contributed by atoms with E-state index in [1.54, 1.807) is 0 Å². The highest BCUT2D eigenvalue weighted by molar-refractivity contribution is 5.78. The van der Waals surface area contributed by atoms with Crippen LogP contribution in [0, 0.1) is 0 Å². The van der Waals surface area contributed by atoms with Crippen molar-refractivity contribution in [3.63, 3.8) is 0 Å². The Bertz CT molecular complexity index is 586. The zero-order valence-corrected chi connectivity index (χ0v) is 9.43. The highest BCUT2D eigenvalue weighted by Crippen LogP contribution is 1.95. The van der Waals surface area contributed by atoms with Crippen LogP contribution in [0.2, 0.25) is 0 Å². The molecule has 2 rings (SSSR count). The Labute approximate surface area is 96.9 Å². The van der Waals surface area contributed by atoms with Gasteiger partial charge < -0.3 is 5.32 Å². The molecule has 0 aromatic carbocycles. The zero-order chi connectivity index (χ0) is 12.3. The molecule has 0 aliphatic carbocycles. The molecule has 0 fully saturated rings. The number of hydrogen-bond donors (Lipinski definition) is 2. The third kappa shape index (κ3) is 2.49. The minimum absolute atomic E-state index is 0.0958. The van der Waals surface area contributed by atoms with Crippen molar-refractivity contribution in [1.82, 2.24) is 24.9 Å². The number of aromatic nitrogens is 4. The van der Waals surface area contributed by atoms with Gasteiger partial charge in [0.1, 0.15) is 6.33 Å². The first-order valence-electron chi connectivity index (χ1n) is 5.39. The Morgan fingerprint density at radius 1 is 1.59 bits per heavy atom. The van der Waals surface area contributed by atoms with E-state index in [4.69, 9.17) is 0 Å². The topological polar surface area (TPSA) is 92.2 Å². The predicted octanol–water partition coefficient (Wildman–Crippen LogP) is -0.514. The average molecular weight is 235 g/mol. The summed E-state index contributed by atoms with van der Waals surface area (Å²) >= 11 is 0. The summed E-state index contributed by atoms with van der Waals surface area (Å²) in [5.41, 5.74) is 0.154. The third-order valence-corrected chi connectivity index (χ3v) is 2.23. The lowest BCUT2D eigenvalue weighted by Crippen LogP contribution is -2.27. The van der Waals surface area contributed by atoms with Crippen LogP contribution in [-0.4, -0.2) is 32.0 Å². The number of H-pyrrole nitrogens is 1. The summed E-state index contributed by atoms with van der Waals surface area (Å²) in [5.74, 6) is 0.134. The molecule has 0 radical (unpaired) electrons. The lowest BCUT2D eigenvalue weighted by Gasteiger charge is -2.02. The number of fused-ring (bicyclic) bond motifs is 1. The number of aromatic amines is 1. The molecule has 2 N–H and O–H groups in total. The Morgan fingerprint density at radius 2 is 2.41 bits per heavy atom. The van der Waals surface area contributed by atoms with E-state index in [1.165, 1.54) is 16.9 Å². The number of nitrogens with one attached hydrogen (secondary N) is 2. The molecule has 0 aliphatic rings. The molecular weight excluding hydrogens is 222 g/mol. The smallest absolute Gasteiger partial charge is 0.274 e. The largest absolute Gasteiger partial charge is 0.356 e. The van der Waals surface area contributed by atoms with Gasteiger partial charge in [-0.3, -0.25) is 14.7 Å². The van der Waals surface area contributed by atoms with E-state index in [-0.39, 0.29) is 23.7 Å². The standard InChI is InChI=1S/C10H13N5O2/c1-2-3-11-8(16)4-7-5-9(17)15-10(14-7)12-6-13-15/h5-6H,2-4H2,1H3,(H,11,16)(H,12,13,14). The maximum atomic E-state index is 11.6. The second-order valence-corrected chi connectivity index (χ2v) is 3.64. The summed E-state index contributed by atoms with van der Waals surface area (Å²) in [6.07, 6.45) is 2.35. The Balaban J connectivity index is 2.19. The summed E-state index contributed by atoms with van der Waals surface area (Å²) in [4.78, 5) is 31.0. The Hall–Kier alpha value is -2.18. The molecule has 7 heteroatoms. The minimum atomic E-state index is -0.272. The molecule has 0 saturated carbocycles. The Morgan fingerprint density at radius 3 is 3.18 bits per heavy atom. The van der Waals surface area contributed by atoms with Gasteiger partial charge in [0.2, 0.25) is 5.91 Å². The monoisotopic (exact) mass is 235 g/mol. The van der Waals surface area contributed by atoms with Crippen molar-refractivity contribution in [2.24, 2.45) is 0 Å². The van der Waals surface area contributed by atoms with E-state index >= 15 is 0 Å². The number of carbonyl (C=O) groups excluding carboxylic acids is 1. The molecule has 7 nitrogen and oxygen atoms in total. The van der Waals surface area contributed by atoms with Gasteiger partial charge in [0.15, 0.2) is 0 Å². The van der Waals surface area contributed by atoms with Crippen LogP contribution in [0.3, 0.4) is 0 Å². The molecule has 0 atom stereocenters. The van der Waals surface area contributed by atoms with Crippen molar-refractivity contribution in [3.8, 4) is 0 Å². The minimum Gasteiger partial charge on any atom is -0.356 e. The van der Waals surface area contributed by atoms with Gasteiger partial charge in [-0.2, -0.15) is 4.52 Å². The number of hydrogen-bond acceptors (Lipinski definition) is 4. The van der Waals surface area contributed by atoms with Crippen LogP contribution >= 0.6 is 0 Å². The van der Waals surface area contributed by atoms with Gasteiger partial charge in [-0.1, -0.05) is 6.92 Å². The molecule has 2 heterocycles. The highest BCUT2D eigenvalue weighted by atomic mass is 16.1. The fraction of sp³-hybridized carbons (Fsp3) is 0.400. The van der Waals surface area contributed by atoms with Crippen LogP contribution in [0.25, 0.3) is 5.78 Å². The van der Waals surface area contributed by atoms with E-state index in [1.807, 2.05) is 6.92 Å². The molecular formula is C10H13N5O2. The van der Waals surface area contributed by atoms with E-state index < -0.39 is 0 Å². The maximum Gasteiger partial charge on any atom is 0.274 e. The predicted molar refractivity (Wildman–Crippen MR) is 60.6 cm³/mol. The molecule has 0 bridgehead atoms. The molecule has 17 heavy (non-hydrogen) atoms. The quantitative estimate of drug-likeness (QED) is 0.746. The molecule has 90 valence electrons. The molecule has 0 spiro atoms. The lowest BCUT2D eigenvalue weighted by molar-refractivity contribution is -0.120. The molecule has 0 unspecified atom stereocenters. The van der Waals surface area contributed by atoms with Gasteiger partial charge in [0, 0.05) is 12.6 Å². The van der Waals surface area contributed by atoms with Gasteiger partial charge in [0.25, 0.3) is 11.3 Å². The molecule has 0 aliphatic heterocycles. The number of carbonyl (C=O) groups is 1. The van der Waals surface area contributed by atoms with Crippen molar-refractivity contribution < 1.29 is 4.79 Å². The summed E-state index contributed by atoms with van der Waals surface area (Å²) in [7, 11) is 0. The molecule has 2 aromatic heterocycles. The third-order valence-electron chi connectivity index (χ3n) is 2.23. The average Bonchev–Trinajstić information content (AvgIpc) is 2.75. The van der Waals surface area contributed by atoms with Gasteiger partial charge in [0.05, 0.1) is 12.1 Å². The maximum absolute atomic E-state index is 11.6. The molecule has 2 aromatic rings. The van der Waals surface area contributed by atoms with Crippen LogP contribution in [0.5, 0.6) is 0 Å². The second-order valence-electron chi connectivity index (χ2n) is 3.64. The SMILES string of the molecule is CCCNC(=O)Cc1cc(=O)n2[nH]cnc2n1. The van der Waals surface area contributed by atoms with Crippen LogP contribution in [0.4, 0.5) is 0 Å². The number of amides is 1. The van der Waals surface area contributed by atoms with Crippen molar-refractivity contribution in [3.05, 3.63) is 28.4 Å². The van der Waals surface area contributed by atoms with E-state index in [0.29, 0.717) is 12.2 Å². The van der Waals surface area contributed by atoms with Gasteiger partial charge in [-0.05, 0) is 6.42 Å². The van der Waals surface area contributed by atoms with E-state index in [2.05, 4.69) is 20.4 Å². The van der Waals surface area contributed by atoms with E-state index in [0.717, 1.165) is 6.42 Å². The van der Waals surface area contributed by atoms with Crippen molar-refractivity contribution in [1.29, 1.82) is 0 Å². The summed E-state index contributed by atoms with van der Waals surface area (Å²) in [6.45, 7) is 2.60. The first-order valence-corrected chi connectivity index (χ1v) is 5.39. The first kappa shape index (κ1) is 11.3. The molecule has 0 saturated heterocycles. The first-order chi connectivity index (χ1) is 8.20. The van der Waals surface area contributed by atoms with Gasteiger partial charge in [-0.15, -0.1) is 0 Å². The van der Waals surface area contributed by atoms with Crippen molar-refractivity contribution in [2.45, 2.75) is 19.8 Å². The van der Waals surface area contributed by atoms with Gasteiger partial charge in [-0.25, -0.2) is 9.97 Å². The van der Waals surface area contributed by atoms with Crippen molar-refractivity contribution in [2.75, 3.05) is 6.54 Å². The fourth-order valence-corrected chi connectivity index (χ4v) is 1.45. The van der Waals surface area contributed by atoms with E-state index in [9.17, 15) is 9.59 Å². The summed E-state index contributed by atoms with van der Waals surface area (Å²) in [6, 6.07) is 1.33. The lowest BCUT2D eigenvalue weighted by atomic mass is 10.3. The number of rotatable bonds is 4. The number of nitrogens with zero attached hydrogens (tertiary/aromatic N) is 3. The summed E-state index contributed by atoms with van der Waals surface area (Å²) < 4.78 is 1.22. The van der Waals surface area contributed by atoms with Crippen molar-refractivity contribution >= 4 is 11.7 Å². The highest BCUT2D eigenvalue weighted by Gasteiger charge is 2.08.